The lowest BCUT2D eigenvalue weighted by atomic mass is 10.2. The SMILES string of the molecule is OP(O)(=S)OP(O)(O)=S(Cc1ccccc1)Cc1ccccc1. The Bertz CT molecular complexity index is 697. The topological polar surface area (TPSA) is 90.2 Å². The van der Waals surface area contributed by atoms with Gasteiger partial charge in [0.15, 0.2) is 0 Å². The van der Waals surface area contributed by atoms with Gasteiger partial charge in [-0.2, -0.15) is 0 Å². The quantitative estimate of drug-likeness (QED) is 0.566. The van der Waals surface area contributed by atoms with E-state index in [4.69, 9.17) is 4.31 Å². The maximum Gasteiger partial charge on any atom is 0.328 e. The van der Waals surface area contributed by atoms with Gasteiger partial charge in [0, 0.05) is 11.5 Å². The lowest BCUT2D eigenvalue weighted by molar-refractivity contribution is 0.318. The lowest BCUT2D eigenvalue weighted by Gasteiger charge is -2.22. The molecule has 0 fully saturated rings. The summed E-state index contributed by atoms with van der Waals surface area (Å²) < 4.78 is 4.70. The van der Waals surface area contributed by atoms with Crippen molar-refractivity contribution in [3.05, 3.63) is 71.8 Å². The molecule has 5 nitrogen and oxygen atoms in total. The van der Waals surface area contributed by atoms with Crippen molar-refractivity contribution in [3.63, 3.8) is 0 Å². The molecule has 126 valence electrons. The molecule has 0 atom stereocenters. The predicted molar refractivity (Wildman–Crippen MR) is 98.8 cm³/mol. The van der Waals surface area contributed by atoms with Crippen LogP contribution in [0.1, 0.15) is 11.1 Å². The van der Waals surface area contributed by atoms with Crippen molar-refractivity contribution < 1.29 is 23.9 Å². The van der Waals surface area contributed by atoms with Gasteiger partial charge in [-0.1, -0.05) is 60.7 Å². The van der Waals surface area contributed by atoms with Crippen LogP contribution in [0.2, 0.25) is 0 Å². The first-order valence-electron chi connectivity index (χ1n) is 6.64. The summed E-state index contributed by atoms with van der Waals surface area (Å²) in [6, 6.07) is 18.7. The Labute approximate surface area is 142 Å². The summed E-state index contributed by atoms with van der Waals surface area (Å²) in [6.45, 7) is -8.19. The summed E-state index contributed by atoms with van der Waals surface area (Å²) in [5.41, 5.74) is 1.82. The van der Waals surface area contributed by atoms with Crippen LogP contribution >= 0.6 is 13.4 Å². The van der Waals surface area contributed by atoms with E-state index in [1.54, 1.807) is 0 Å². The summed E-state index contributed by atoms with van der Waals surface area (Å²) in [5.74, 6) is 0.706. The minimum absolute atomic E-state index is 0.353. The van der Waals surface area contributed by atoms with Gasteiger partial charge in [-0.25, -0.2) is 4.31 Å². The van der Waals surface area contributed by atoms with Crippen molar-refractivity contribution in [2.45, 2.75) is 11.5 Å². The summed E-state index contributed by atoms with van der Waals surface area (Å²) in [6.07, 6.45) is 0. The number of rotatable bonds is 6. The van der Waals surface area contributed by atoms with Gasteiger partial charge >= 0.3 is 6.72 Å². The molecule has 2 aromatic carbocycles. The standard InChI is InChI=1S/C14H18O5P2S2/c15-20(16,22)19-21(17,18)23(11-13-7-3-1-4-8-13)12-14-9-5-2-6-10-14/h1-10,17-18H,11-12H2,(H2,15,16,22). The average molecular weight is 392 g/mol. The van der Waals surface area contributed by atoms with E-state index in [2.05, 4.69) is 11.8 Å². The van der Waals surface area contributed by atoms with Gasteiger partial charge in [0.05, 0.1) is 0 Å². The van der Waals surface area contributed by atoms with Crippen molar-refractivity contribution in [2.75, 3.05) is 0 Å². The summed E-state index contributed by atoms with van der Waals surface area (Å²) in [7, 11) is -1.04. The van der Waals surface area contributed by atoms with Crippen LogP contribution in [0.5, 0.6) is 0 Å². The smallest absolute Gasteiger partial charge is 0.328 e. The van der Waals surface area contributed by atoms with E-state index >= 15 is 0 Å². The van der Waals surface area contributed by atoms with Crippen LogP contribution in [0.3, 0.4) is 0 Å². The first kappa shape index (κ1) is 19.0. The lowest BCUT2D eigenvalue weighted by Crippen LogP contribution is -2.04. The zero-order chi connectivity index (χ0) is 16.9. The van der Waals surface area contributed by atoms with Crippen LogP contribution in [0.15, 0.2) is 60.7 Å². The summed E-state index contributed by atoms with van der Waals surface area (Å²) in [5, 5.41) is 0. The highest BCUT2D eigenvalue weighted by Crippen LogP contribution is 2.58. The third-order valence-electron chi connectivity index (χ3n) is 2.90. The molecule has 0 heterocycles. The Morgan fingerprint density at radius 3 is 1.52 bits per heavy atom. The monoisotopic (exact) mass is 392 g/mol. The molecule has 0 aromatic heterocycles. The molecule has 2 rings (SSSR count). The minimum atomic E-state index is -4.16. The zero-order valence-electron chi connectivity index (χ0n) is 12.1. The van der Waals surface area contributed by atoms with E-state index in [0.29, 0.717) is 11.5 Å². The van der Waals surface area contributed by atoms with Crippen LogP contribution in [0.25, 0.3) is 0 Å². The Morgan fingerprint density at radius 2 is 1.17 bits per heavy atom. The Kier molecular flexibility index (Phi) is 6.75. The van der Waals surface area contributed by atoms with Crippen LogP contribution in [0.4, 0.5) is 0 Å². The zero-order valence-corrected chi connectivity index (χ0v) is 15.5. The molecule has 0 amide bonds. The highest BCUT2D eigenvalue weighted by Gasteiger charge is 2.25. The van der Waals surface area contributed by atoms with Crippen LogP contribution in [-0.2, 0) is 37.7 Å². The molecule has 0 unspecified atom stereocenters. The van der Waals surface area contributed by atoms with Crippen LogP contribution in [0, 0.1) is 0 Å². The fourth-order valence-electron chi connectivity index (χ4n) is 1.94. The fraction of sp³-hybridized carbons (Fsp3) is 0.143. The highest BCUT2D eigenvalue weighted by atomic mass is 32.5. The maximum atomic E-state index is 10.3. The van der Waals surface area contributed by atoms with Crippen molar-refractivity contribution in [3.8, 4) is 0 Å². The highest BCUT2D eigenvalue weighted by molar-refractivity contribution is 8.28. The molecule has 0 saturated carbocycles. The molecule has 0 aliphatic carbocycles. The summed E-state index contributed by atoms with van der Waals surface area (Å²) >= 11 is 4.39. The van der Waals surface area contributed by atoms with E-state index in [-0.39, 0.29) is 0 Å². The van der Waals surface area contributed by atoms with E-state index < -0.39 is 23.5 Å². The van der Waals surface area contributed by atoms with E-state index in [0.717, 1.165) is 11.1 Å². The molecular formula is C14H18O5P2S2. The summed E-state index contributed by atoms with van der Waals surface area (Å²) in [4.78, 5) is 39.3. The van der Waals surface area contributed by atoms with Gasteiger partial charge in [0.2, 0.25) is 0 Å². The Morgan fingerprint density at radius 1 is 0.783 bits per heavy atom. The largest absolute Gasteiger partial charge is 0.328 e. The molecule has 0 spiro atoms. The predicted octanol–water partition coefficient (Wildman–Crippen LogP) is 2.89. The Hall–Kier alpha value is -0.330. The van der Waals surface area contributed by atoms with Crippen LogP contribution in [-0.4, -0.2) is 19.6 Å². The van der Waals surface area contributed by atoms with Crippen molar-refractivity contribution in [2.24, 2.45) is 0 Å². The Balaban J connectivity index is 2.40. The molecule has 2 aromatic rings. The minimum Gasteiger partial charge on any atom is -0.328 e. The van der Waals surface area contributed by atoms with Gasteiger partial charge in [-0.15, -0.1) is 10.1 Å². The van der Waals surface area contributed by atoms with E-state index in [1.807, 2.05) is 60.7 Å². The number of benzene rings is 2. The normalized spacial score (nSPS) is 12.6. The third kappa shape index (κ3) is 6.59. The molecular weight excluding hydrogens is 374 g/mol. The van der Waals surface area contributed by atoms with Gasteiger partial charge in [0.1, 0.15) is 0 Å². The van der Waals surface area contributed by atoms with Crippen molar-refractivity contribution in [1.82, 2.24) is 0 Å². The molecule has 4 N–H and O–H groups in total. The fourth-order valence-corrected chi connectivity index (χ4v) is 9.82. The van der Waals surface area contributed by atoms with Gasteiger partial charge < -0.3 is 19.6 Å². The molecule has 0 saturated heterocycles. The molecule has 0 aliphatic rings. The average Bonchev–Trinajstić information content (AvgIpc) is 2.46. The first-order chi connectivity index (χ1) is 10.8. The first-order valence-corrected chi connectivity index (χ1v) is 13.0. The van der Waals surface area contributed by atoms with Gasteiger partial charge in [-0.3, -0.25) is 0 Å². The van der Waals surface area contributed by atoms with Crippen LogP contribution < -0.4 is 0 Å². The van der Waals surface area contributed by atoms with Gasteiger partial charge in [0.25, 0.3) is 6.72 Å². The second-order valence-electron chi connectivity index (χ2n) is 4.78. The van der Waals surface area contributed by atoms with Crippen molar-refractivity contribution >= 4 is 35.3 Å². The molecule has 9 heteroatoms. The molecule has 0 radical (unpaired) electrons. The van der Waals surface area contributed by atoms with Crippen molar-refractivity contribution in [1.29, 1.82) is 0 Å². The second-order valence-corrected chi connectivity index (χ2v) is 13.3. The second kappa shape index (κ2) is 8.17. The molecule has 0 aliphatic heterocycles. The van der Waals surface area contributed by atoms with E-state index in [9.17, 15) is 19.6 Å². The molecule has 23 heavy (non-hydrogen) atoms. The number of hydrogen-bond donors (Lipinski definition) is 4. The van der Waals surface area contributed by atoms with E-state index in [1.165, 1.54) is 0 Å². The third-order valence-corrected chi connectivity index (χ3v) is 10.6. The maximum absolute atomic E-state index is 10.3. The molecule has 0 bridgehead atoms. The van der Waals surface area contributed by atoms with Gasteiger partial charge in [-0.05, 0) is 22.9 Å². The number of hydrogen-bond acceptors (Lipinski definition) is 2.